The van der Waals surface area contributed by atoms with Crippen LogP contribution in [0.2, 0.25) is 0 Å². The lowest BCUT2D eigenvalue weighted by Gasteiger charge is -2.21. The van der Waals surface area contributed by atoms with Gasteiger partial charge in [-0.2, -0.15) is 0 Å². The summed E-state index contributed by atoms with van der Waals surface area (Å²) in [4.78, 5) is 10.5. The Labute approximate surface area is 360 Å². The van der Waals surface area contributed by atoms with Gasteiger partial charge < -0.3 is 9.13 Å². The first-order chi connectivity index (χ1) is 30.7. The molecule has 3 aromatic heterocycles. The van der Waals surface area contributed by atoms with Crippen LogP contribution in [0.25, 0.3) is 105 Å². The van der Waals surface area contributed by atoms with Crippen molar-refractivity contribution in [2.75, 3.05) is 0 Å². The van der Waals surface area contributed by atoms with Crippen LogP contribution in [0.15, 0.2) is 232 Å². The zero-order chi connectivity index (χ0) is 41.6. The molecule has 8 aromatic carbocycles. The Morgan fingerprint density at radius 2 is 0.903 bits per heavy atom. The summed E-state index contributed by atoms with van der Waals surface area (Å²) in [6.07, 6.45) is 5.54. The molecular weight excluding hydrogens is 753 g/mol. The molecule has 0 aliphatic carbocycles. The summed E-state index contributed by atoms with van der Waals surface area (Å²) in [6.45, 7) is 8.10. The number of aromatic nitrogens is 4. The van der Waals surface area contributed by atoms with Gasteiger partial charge in [-0.15, -0.1) is 0 Å². The van der Waals surface area contributed by atoms with E-state index in [4.69, 9.17) is 9.97 Å². The van der Waals surface area contributed by atoms with Crippen molar-refractivity contribution >= 4 is 49.2 Å². The molecule has 3 heterocycles. The number of rotatable bonds is 9. The Morgan fingerprint density at radius 3 is 1.45 bits per heavy atom. The van der Waals surface area contributed by atoms with Crippen molar-refractivity contribution in [3.8, 4) is 56.3 Å². The predicted molar refractivity (Wildman–Crippen MR) is 261 cm³/mol. The number of allylic oxidation sites excluding steroid dienone is 4. The van der Waals surface area contributed by atoms with E-state index in [9.17, 15) is 0 Å². The zero-order valence-electron chi connectivity index (χ0n) is 34.0. The first-order valence-electron chi connectivity index (χ1n) is 20.9. The Bertz CT molecular complexity index is 3420. The highest BCUT2D eigenvalue weighted by atomic mass is 15.0. The standard InChI is InChI=1S/C58H40N4/c1-3-20-39(4-2)51-38-52(42-25-12-7-13-26-42)60-58(59-51)43-35-48(40-21-8-5-9-22-40)57(49(36-43)41-23-10-6-11-24-41)62-55-32-19-16-29-47(55)50-37-44(33-34-56(50)62)61-53-30-17-14-27-45(53)46-28-15-18-31-54(46)61/h3-38H,1-2H2/b39-20+. The highest BCUT2D eigenvalue weighted by Gasteiger charge is 2.23. The lowest BCUT2D eigenvalue weighted by atomic mass is 9.92. The maximum absolute atomic E-state index is 5.28. The van der Waals surface area contributed by atoms with Crippen LogP contribution < -0.4 is 0 Å². The fourth-order valence-corrected chi connectivity index (χ4v) is 9.09. The van der Waals surface area contributed by atoms with E-state index in [0.717, 1.165) is 72.7 Å². The summed E-state index contributed by atoms with van der Waals surface area (Å²) in [5.74, 6) is 0.622. The maximum Gasteiger partial charge on any atom is 0.160 e. The normalized spacial score (nSPS) is 11.8. The molecule has 0 saturated carbocycles. The molecule has 0 amide bonds. The van der Waals surface area contributed by atoms with E-state index in [1.54, 1.807) is 6.08 Å². The van der Waals surface area contributed by atoms with Crippen LogP contribution in [0.4, 0.5) is 0 Å². The molecule has 0 unspecified atom stereocenters. The molecule has 0 spiro atoms. The quantitative estimate of drug-likeness (QED) is 0.137. The van der Waals surface area contributed by atoms with Gasteiger partial charge in [0.05, 0.1) is 39.1 Å². The first kappa shape index (κ1) is 36.7. The van der Waals surface area contributed by atoms with Crippen molar-refractivity contribution in [1.29, 1.82) is 0 Å². The van der Waals surface area contributed by atoms with Gasteiger partial charge in [0.25, 0.3) is 0 Å². The molecule has 4 heteroatoms. The molecule has 0 saturated heterocycles. The predicted octanol–water partition coefficient (Wildman–Crippen LogP) is 15.1. The van der Waals surface area contributed by atoms with E-state index in [0.29, 0.717) is 5.82 Å². The molecule has 0 N–H and O–H groups in total. The molecule has 0 aliphatic heterocycles. The van der Waals surface area contributed by atoms with Crippen LogP contribution in [0, 0.1) is 0 Å². The van der Waals surface area contributed by atoms with Gasteiger partial charge in [0.1, 0.15) is 0 Å². The average molecular weight is 793 g/mol. The number of para-hydroxylation sites is 3. The molecule has 0 radical (unpaired) electrons. The number of fused-ring (bicyclic) bond motifs is 6. The van der Waals surface area contributed by atoms with Crippen LogP contribution in [-0.2, 0) is 0 Å². The number of nitrogens with zero attached hydrogens (tertiary/aromatic N) is 4. The summed E-state index contributed by atoms with van der Waals surface area (Å²) in [5.41, 5.74) is 15.5. The molecule has 0 fully saturated rings. The van der Waals surface area contributed by atoms with Crippen LogP contribution in [0.3, 0.4) is 0 Å². The Kier molecular flexibility index (Phi) is 9.10. The molecule has 4 nitrogen and oxygen atoms in total. The van der Waals surface area contributed by atoms with Gasteiger partial charge in [0.2, 0.25) is 0 Å². The van der Waals surface area contributed by atoms with Crippen molar-refractivity contribution in [2.45, 2.75) is 0 Å². The number of benzene rings is 8. The highest BCUT2D eigenvalue weighted by molar-refractivity contribution is 6.13. The topological polar surface area (TPSA) is 35.6 Å². The Hall–Kier alpha value is -8.34. The van der Waals surface area contributed by atoms with Crippen LogP contribution >= 0.6 is 0 Å². The van der Waals surface area contributed by atoms with Crippen LogP contribution in [0.1, 0.15) is 5.69 Å². The number of hydrogen-bond acceptors (Lipinski definition) is 2. The fourth-order valence-electron chi connectivity index (χ4n) is 9.09. The van der Waals surface area contributed by atoms with Crippen molar-refractivity contribution in [3.63, 3.8) is 0 Å². The van der Waals surface area contributed by atoms with E-state index in [2.05, 4.69) is 198 Å². The SMILES string of the molecule is C=C/C=C(\C=C)c1cc(-c2ccccc2)nc(-c2cc(-c3ccccc3)c(-n3c4ccccc4c4cc(-n5c6ccccc6c6ccccc65)ccc43)c(-c3ccccc3)c2)n1. The smallest absolute Gasteiger partial charge is 0.160 e. The van der Waals surface area contributed by atoms with Gasteiger partial charge in [-0.25, -0.2) is 9.97 Å². The Balaban J connectivity index is 1.22. The van der Waals surface area contributed by atoms with E-state index in [1.807, 2.05) is 36.4 Å². The summed E-state index contributed by atoms with van der Waals surface area (Å²) >= 11 is 0. The van der Waals surface area contributed by atoms with E-state index in [1.165, 1.54) is 32.6 Å². The van der Waals surface area contributed by atoms with Gasteiger partial charge in [-0.1, -0.05) is 177 Å². The third-order valence-electron chi connectivity index (χ3n) is 11.9. The summed E-state index contributed by atoms with van der Waals surface area (Å²) in [5, 5.41) is 4.85. The van der Waals surface area contributed by atoms with Crippen molar-refractivity contribution in [2.24, 2.45) is 0 Å². The maximum atomic E-state index is 5.28. The van der Waals surface area contributed by atoms with E-state index >= 15 is 0 Å². The summed E-state index contributed by atoms with van der Waals surface area (Å²) in [7, 11) is 0. The molecule has 62 heavy (non-hydrogen) atoms. The van der Waals surface area contributed by atoms with E-state index < -0.39 is 0 Å². The molecule has 0 atom stereocenters. The van der Waals surface area contributed by atoms with Gasteiger partial charge in [0.15, 0.2) is 5.82 Å². The fraction of sp³-hybridized carbons (Fsp3) is 0. The minimum absolute atomic E-state index is 0.622. The van der Waals surface area contributed by atoms with Crippen LogP contribution in [-0.4, -0.2) is 19.1 Å². The van der Waals surface area contributed by atoms with Gasteiger partial charge in [-0.05, 0) is 71.3 Å². The minimum Gasteiger partial charge on any atom is -0.309 e. The van der Waals surface area contributed by atoms with Gasteiger partial charge in [-0.3, -0.25) is 0 Å². The number of hydrogen-bond donors (Lipinski definition) is 0. The third-order valence-corrected chi connectivity index (χ3v) is 11.9. The van der Waals surface area contributed by atoms with Crippen LogP contribution in [0.5, 0.6) is 0 Å². The molecular formula is C58H40N4. The minimum atomic E-state index is 0.622. The monoisotopic (exact) mass is 792 g/mol. The molecule has 11 aromatic rings. The van der Waals surface area contributed by atoms with Gasteiger partial charge in [0, 0.05) is 49.5 Å². The second kappa shape index (κ2) is 15.4. The second-order valence-electron chi connectivity index (χ2n) is 15.5. The van der Waals surface area contributed by atoms with Crippen molar-refractivity contribution in [1.82, 2.24) is 19.1 Å². The lowest BCUT2D eigenvalue weighted by Crippen LogP contribution is -2.03. The zero-order valence-corrected chi connectivity index (χ0v) is 34.0. The highest BCUT2D eigenvalue weighted by Crippen LogP contribution is 2.44. The second-order valence-corrected chi connectivity index (χ2v) is 15.5. The molecule has 0 bridgehead atoms. The Morgan fingerprint density at radius 1 is 0.419 bits per heavy atom. The third kappa shape index (κ3) is 6.16. The lowest BCUT2D eigenvalue weighted by molar-refractivity contribution is 1.15. The largest absolute Gasteiger partial charge is 0.309 e. The average Bonchev–Trinajstić information content (AvgIpc) is 3.86. The summed E-state index contributed by atoms with van der Waals surface area (Å²) in [6, 6.07) is 71.3. The molecule has 0 aliphatic rings. The van der Waals surface area contributed by atoms with Crippen molar-refractivity contribution < 1.29 is 0 Å². The van der Waals surface area contributed by atoms with Crippen molar-refractivity contribution in [3.05, 3.63) is 237 Å². The van der Waals surface area contributed by atoms with E-state index in [-0.39, 0.29) is 0 Å². The summed E-state index contributed by atoms with van der Waals surface area (Å²) < 4.78 is 4.86. The molecule has 11 rings (SSSR count). The molecule has 292 valence electrons. The van der Waals surface area contributed by atoms with Gasteiger partial charge >= 0.3 is 0 Å². The first-order valence-corrected chi connectivity index (χ1v) is 20.9.